The van der Waals surface area contributed by atoms with Crippen LogP contribution in [0.15, 0.2) is 0 Å². The standard InChI is InChI=1S/C44H85N2O7/c1-5-7-9-11-13-15-17-19-21-23-25-27-29-31-43(49)52-39-42(35-46(3,4)34-40(33-45)37-51-38-41(48)36-47)53-44(50)32-30-28-26-24-22-20-18-16-14-12-10-8-6-2/h40-42,47-48H,5-32,34-39H2,1-4H3/q+1. The van der Waals surface area contributed by atoms with Crippen molar-refractivity contribution in [3.05, 3.63) is 0 Å². The number of nitrogens with zero attached hydrogens (tertiary/aromatic N) is 2. The second-order valence-electron chi connectivity index (χ2n) is 16.3. The summed E-state index contributed by atoms with van der Waals surface area (Å²) in [7, 11) is 3.91. The largest absolute Gasteiger partial charge is 0.461 e. The number of esters is 2. The van der Waals surface area contributed by atoms with E-state index in [-0.39, 0.29) is 31.8 Å². The molecule has 312 valence electrons. The van der Waals surface area contributed by atoms with Crippen molar-refractivity contribution in [3.63, 3.8) is 0 Å². The minimum Gasteiger partial charge on any atom is -0.461 e. The quantitative estimate of drug-likeness (QED) is 0.0360. The third-order valence-corrected chi connectivity index (χ3v) is 10.1. The summed E-state index contributed by atoms with van der Waals surface area (Å²) in [5.41, 5.74) is 0. The van der Waals surface area contributed by atoms with Crippen LogP contribution >= 0.6 is 0 Å². The number of aliphatic hydroxyl groups excluding tert-OH is 2. The van der Waals surface area contributed by atoms with E-state index in [9.17, 15) is 20.0 Å². The van der Waals surface area contributed by atoms with Crippen LogP contribution in [0.3, 0.4) is 0 Å². The average Bonchev–Trinajstić information content (AvgIpc) is 3.13. The number of aliphatic hydroxyl groups is 2. The fraction of sp³-hybridized carbons (Fsp3) is 0.932. The zero-order chi connectivity index (χ0) is 39.3. The van der Waals surface area contributed by atoms with Gasteiger partial charge < -0.3 is 28.9 Å². The molecule has 0 bridgehead atoms. The van der Waals surface area contributed by atoms with E-state index in [2.05, 4.69) is 19.9 Å². The Kier molecular flexibility index (Phi) is 36.0. The third-order valence-electron chi connectivity index (χ3n) is 10.1. The van der Waals surface area contributed by atoms with Gasteiger partial charge in [-0.25, -0.2) is 0 Å². The number of quaternary nitrogens is 1. The van der Waals surface area contributed by atoms with E-state index in [0.717, 1.165) is 38.5 Å². The Hall–Kier alpha value is -1.73. The van der Waals surface area contributed by atoms with Crippen LogP contribution in [0.1, 0.15) is 194 Å². The molecule has 0 rings (SSSR count). The molecule has 3 unspecified atom stereocenters. The third kappa shape index (κ3) is 35.7. The van der Waals surface area contributed by atoms with E-state index in [0.29, 0.717) is 30.4 Å². The first-order chi connectivity index (χ1) is 25.7. The molecule has 0 fully saturated rings. The molecule has 0 amide bonds. The van der Waals surface area contributed by atoms with Crippen molar-refractivity contribution < 1.29 is 38.5 Å². The van der Waals surface area contributed by atoms with Crippen LogP contribution in [-0.2, 0) is 23.8 Å². The highest BCUT2D eigenvalue weighted by molar-refractivity contribution is 5.70. The van der Waals surface area contributed by atoms with Crippen molar-refractivity contribution in [1.29, 1.82) is 5.26 Å². The molecule has 0 aliphatic carbocycles. The highest BCUT2D eigenvalue weighted by atomic mass is 16.6. The van der Waals surface area contributed by atoms with Gasteiger partial charge >= 0.3 is 11.9 Å². The van der Waals surface area contributed by atoms with Crippen LogP contribution in [0.5, 0.6) is 0 Å². The Labute approximate surface area is 326 Å². The lowest BCUT2D eigenvalue weighted by Gasteiger charge is -2.34. The maximum Gasteiger partial charge on any atom is 0.306 e. The van der Waals surface area contributed by atoms with Gasteiger partial charge in [-0.1, -0.05) is 168 Å². The Balaban J connectivity index is 4.61. The minimum atomic E-state index is -0.982. The molecule has 0 radical (unpaired) electrons. The first kappa shape index (κ1) is 51.3. The molecule has 0 aromatic heterocycles. The van der Waals surface area contributed by atoms with Crippen LogP contribution in [0.25, 0.3) is 0 Å². The number of carbonyl (C=O) groups excluding carboxylic acids is 2. The summed E-state index contributed by atoms with van der Waals surface area (Å²) in [6.07, 6.45) is 31.4. The fourth-order valence-electron chi connectivity index (χ4n) is 6.95. The molecule has 0 saturated carbocycles. The Morgan fingerprint density at radius 1 is 0.585 bits per heavy atom. The van der Waals surface area contributed by atoms with Crippen molar-refractivity contribution in [2.45, 2.75) is 206 Å². The predicted molar refractivity (Wildman–Crippen MR) is 216 cm³/mol. The number of unbranched alkanes of at least 4 members (excludes halogenated alkanes) is 24. The maximum absolute atomic E-state index is 12.9. The van der Waals surface area contributed by atoms with Gasteiger partial charge in [0.25, 0.3) is 0 Å². The number of carbonyl (C=O) groups is 2. The second kappa shape index (κ2) is 37.2. The molecular weight excluding hydrogens is 668 g/mol. The average molecular weight is 754 g/mol. The van der Waals surface area contributed by atoms with Crippen LogP contribution in [0, 0.1) is 17.2 Å². The number of likely N-dealkylation sites (N-methyl/N-ethyl adjacent to an activating group) is 1. The van der Waals surface area contributed by atoms with Crippen LogP contribution in [0.4, 0.5) is 0 Å². The van der Waals surface area contributed by atoms with Crippen molar-refractivity contribution in [1.82, 2.24) is 0 Å². The Morgan fingerprint density at radius 3 is 1.38 bits per heavy atom. The monoisotopic (exact) mass is 754 g/mol. The maximum atomic E-state index is 12.9. The summed E-state index contributed by atoms with van der Waals surface area (Å²) in [4.78, 5) is 25.6. The Morgan fingerprint density at radius 2 is 0.981 bits per heavy atom. The highest BCUT2D eigenvalue weighted by Crippen LogP contribution is 2.16. The number of nitriles is 1. The van der Waals surface area contributed by atoms with Crippen LogP contribution < -0.4 is 0 Å². The minimum absolute atomic E-state index is 0.000283. The molecule has 9 heteroatoms. The van der Waals surface area contributed by atoms with E-state index in [1.54, 1.807) is 0 Å². The molecule has 0 saturated heterocycles. The fourth-order valence-corrected chi connectivity index (χ4v) is 6.95. The van der Waals surface area contributed by atoms with Crippen molar-refractivity contribution in [3.8, 4) is 6.07 Å². The second-order valence-corrected chi connectivity index (χ2v) is 16.3. The van der Waals surface area contributed by atoms with E-state index >= 15 is 0 Å². The van der Waals surface area contributed by atoms with E-state index < -0.39 is 24.7 Å². The molecule has 0 aromatic carbocycles. The van der Waals surface area contributed by atoms with Gasteiger partial charge in [-0.05, 0) is 12.8 Å². The van der Waals surface area contributed by atoms with E-state index in [1.807, 2.05) is 14.1 Å². The summed E-state index contributed by atoms with van der Waals surface area (Å²) in [6.45, 7) is 4.99. The molecule has 0 aliphatic heterocycles. The van der Waals surface area contributed by atoms with Gasteiger partial charge in [-0.2, -0.15) is 5.26 Å². The molecule has 53 heavy (non-hydrogen) atoms. The SMILES string of the molecule is CCCCCCCCCCCCCCCC(=O)OCC(C[N+](C)(C)CC(C#N)COCC(O)CO)OC(=O)CCCCCCCCCCCCCCC. The molecule has 0 spiro atoms. The summed E-state index contributed by atoms with van der Waals surface area (Å²) in [6, 6.07) is 2.26. The summed E-state index contributed by atoms with van der Waals surface area (Å²) in [5.74, 6) is -0.999. The zero-order valence-corrected chi connectivity index (χ0v) is 35.1. The van der Waals surface area contributed by atoms with Crippen molar-refractivity contribution >= 4 is 11.9 Å². The molecule has 0 aliphatic rings. The van der Waals surface area contributed by atoms with E-state index in [1.165, 1.54) is 128 Å². The van der Waals surface area contributed by atoms with Crippen molar-refractivity contribution in [2.75, 3.05) is 53.6 Å². The number of hydrogen-bond donors (Lipinski definition) is 2. The molecule has 0 heterocycles. The molecular formula is C44H85N2O7+. The zero-order valence-electron chi connectivity index (χ0n) is 35.1. The molecule has 2 N–H and O–H groups in total. The van der Waals surface area contributed by atoms with Gasteiger partial charge in [0.05, 0.1) is 46.5 Å². The highest BCUT2D eigenvalue weighted by Gasteiger charge is 2.30. The summed E-state index contributed by atoms with van der Waals surface area (Å²) < 4.78 is 17.4. The lowest BCUT2D eigenvalue weighted by atomic mass is 10.0. The predicted octanol–water partition coefficient (Wildman–Crippen LogP) is 9.99. The molecule has 0 aromatic rings. The van der Waals surface area contributed by atoms with Gasteiger partial charge in [-0.15, -0.1) is 0 Å². The van der Waals surface area contributed by atoms with Crippen LogP contribution in [-0.4, -0.2) is 92.5 Å². The topological polar surface area (TPSA) is 126 Å². The lowest BCUT2D eigenvalue weighted by molar-refractivity contribution is -0.895. The number of rotatable bonds is 40. The number of ether oxygens (including phenoxy) is 3. The summed E-state index contributed by atoms with van der Waals surface area (Å²) in [5, 5.41) is 28.3. The van der Waals surface area contributed by atoms with Crippen molar-refractivity contribution in [2.24, 2.45) is 5.92 Å². The van der Waals surface area contributed by atoms with Gasteiger partial charge in [0, 0.05) is 12.8 Å². The molecule has 3 atom stereocenters. The van der Waals surface area contributed by atoms with E-state index in [4.69, 9.17) is 19.3 Å². The summed E-state index contributed by atoms with van der Waals surface area (Å²) >= 11 is 0. The molecule has 9 nitrogen and oxygen atoms in total. The van der Waals surface area contributed by atoms with Gasteiger partial charge in [0.1, 0.15) is 25.2 Å². The van der Waals surface area contributed by atoms with Gasteiger partial charge in [-0.3, -0.25) is 9.59 Å². The van der Waals surface area contributed by atoms with Gasteiger partial charge in [0.2, 0.25) is 0 Å². The Bertz CT molecular complexity index is 878. The first-order valence-corrected chi connectivity index (χ1v) is 22.1. The smallest absolute Gasteiger partial charge is 0.306 e. The van der Waals surface area contributed by atoms with Gasteiger partial charge in [0.15, 0.2) is 6.10 Å². The first-order valence-electron chi connectivity index (χ1n) is 22.1. The lowest BCUT2D eigenvalue weighted by Crippen LogP contribution is -2.51. The van der Waals surface area contributed by atoms with Crippen LogP contribution in [0.2, 0.25) is 0 Å². The number of hydrogen-bond acceptors (Lipinski definition) is 8. The normalized spacial score (nSPS) is 13.4.